The molecule has 128 valence electrons. The van der Waals surface area contributed by atoms with E-state index >= 15 is 0 Å². The van der Waals surface area contributed by atoms with Gasteiger partial charge in [0.2, 0.25) is 0 Å². The van der Waals surface area contributed by atoms with Crippen molar-refractivity contribution in [3.8, 4) is 6.07 Å². The molecule has 1 aliphatic rings. The fraction of sp³-hybridized carbons (Fsp3) is 0.263. The first-order valence-electron chi connectivity index (χ1n) is 8.03. The van der Waals surface area contributed by atoms with Gasteiger partial charge in [-0.3, -0.25) is 9.69 Å². The first kappa shape index (κ1) is 17.4. The third kappa shape index (κ3) is 3.81. The number of piperazine rings is 1. The van der Waals surface area contributed by atoms with Gasteiger partial charge in [-0.1, -0.05) is 35.9 Å². The number of nitriles is 1. The minimum absolute atomic E-state index is 0.0967. The van der Waals surface area contributed by atoms with Crippen LogP contribution in [0.15, 0.2) is 48.5 Å². The molecule has 0 bridgehead atoms. The molecule has 0 aromatic heterocycles. The standard InChI is InChI=1S/C19H17ClFN3O/c20-17-4-2-1-3-16(17)19(25)24-11-9-23(10-12-24)18(13-22)14-5-7-15(21)8-6-14/h1-8,18H,9-12H2. The summed E-state index contributed by atoms with van der Waals surface area (Å²) in [6, 6.07) is 14.8. The quantitative estimate of drug-likeness (QED) is 0.844. The number of benzene rings is 2. The maximum Gasteiger partial charge on any atom is 0.255 e. The Morgan fingerprint density at radius 3 is 2.32 bits per heavy atom. The van der Waals surface area contributed by atoms with Crippen molar-refractivity contribution < 1.29 is 9.18 Å². The molecule has 0 saturated carbocycles. The highest BCUT2D eigenvalue weighted by Crippen LogP contribution is 2.23. The maximum absolute atomic E-state index is 13.1. The zero-order valence-electron chi connectivity index (χ0n) is 13.5. The van der Waals surface area contributed by atoms with E-state index in [1.54, 1.807) is 41.3 Å². The number of rotatable bonds is 3. The molecule has 2 aromatic rings. The van der Waals surface area contributed by atoms with Crippen LogP contribution < -0.4 is 0 Å². The van der Waals surface area contributed by atoms with Crippen molar-refractivity contribution in [3.05, 3.63) is 70.5 Å². The molecule has 4 nitrogen and oxygen atoms in total. The molecule has 1 unspecified atom stereocenters. The molecule has 3 rings (SSSR count). The third-order valence-electron chi connectivity index (χ3n) is 4.38. The number of hydrogen-bond acceptors (Lipinski definition) is 3. The summed E-state index contributed by atoms with van der Waals surface area (Å²) in [7, 11) is 0. The van der Waals surface area contributed by atoms with Crippen LogP contribution in [0.1, 0.15) is 22.0 Å². The van der Waals surface area contributed by atoms with Gasteiger partial charge >= 0.3 is 0 Å². The lowest BCUT2D eigenvalue weighted by molar-refractivity contribution is 0.0606. The molecule has 1 heterocycles. The predicted molar refractivity (Wildman–Crippen MR) is 93.7 cm³/mol. The van der Waals surface area contributed by atoms with Crippen molar-refractivity contribution in [2.75, 3.05) is 26.2 Å². The molecule has 25 heavy (non-hydrogen) atoms. The van der Waals surface area contributed by atoms with Crippen LogP contribution in [0.2, 0.25) is 5.02 Å². The Bertz CT molecular complexity index is 795. The fourth-order valence-corrected chi connectivity index (χ4v) is 3.22. The van der Waals surface area contributed by atoms with Crippen molar-refractivity contribution in [3.63, 3.8) is 0 Å². The summed E-state index contributed by atoms with van der Waals surface area (Å²) in [4.78, 5) is 16.3. The van der Waals surface area contributed by atoms with E-state index in [2.05, 4.69) is 6.07 Å². The highest BCUT2D eigenvalue weighted by molar-refractivity contribution is 6.33. The van der Waals surface area contributed by atoms with Crippen LogP contribution in [0.25, 0.3) is 0 Å². The molecular formula is C19H17ClFN3O. The summed E-state index contributed by atoms with van der Waals surface area (Å²) < 4.78 is 13.1. The van der Waals surface area contributed by atoms with Crippen LogP contribution in [0.3, 0.4) is 0 Å². The fourth-order valence-electron chi connectivity index (χ4n) is 3.00. The normalized spacial score (nSPS) is 16.3. The van der Waals surface area contributed by atoms with E-state index in [4.69, 9.17) is 11.6 Å². The summed E-state index contributed by atoms with van der Waals surface area (Å²) in [6.45, 7) is 2.18. The summed E-state index contributed by atoms with van der Waals surface area (Å²) in [5.74, 6) is -0.420. The van der Waals surface area contributed by atoms with Crippen LogP contribution in [0.4, 0.5) is 4.39 Å². The zero-order valence-corrected chi connectivity index (χ0v) is 14.3. The average Bonchev–Trinajstić information content (AvgIpc) is 2.64. The molecule has 6 heteroatoms. The number of carbonyl (C=O) groups excluding carboxylic acids is 1. The second-order valence-electron chi connectivity index (χ2n) is 5.89. The van der Waals surface area contributed by atoms with Gasteiger partial charge in [0, 0.05) is 26.2 Å². The van der Waals surface area contributed by atoms with Gasteiger partial charge in [0.15, 0.2) is 0 Å². The summed E-state index contributed by atoms with van der Waals surface area (Å²) >= 11 is 6.10. The average molecular weight is 358 g/mol. The van der Waals surface area contributed by atoms with E-state index < -0.39 is 6.04 Å². The molecular weight excluding hydrogens is 341 g/mol. The van der Waals surface area contributed by atoms with Gasteiger partial charge < -0.3 is 4.90 Å². The number of amides is 1. The largest absolute Gasteiger partial charge is 0.336 e. The lowest BCUT2D eigenvalue weighted by Crippen LogP contribution is -2.49. The topological polar surface area (TPSA) is 47.3 Å². The Balaban J connectivity index is 1.67. The van der Waals surface area contributed by atoms with Crippen LogP contribution in [0.5, 0.6) is 0 Å². The van der Waals surface area contributed by atoms with Gasteiger partial charge in [-0.25, -0.2) is 4.39 Å². The maximum atomic E-state index is 13.1. The second-order valence-corrected chi connectivity index (χ2v) is 6.30. The molecule has 1 atom stereocenters. The van der Waals surface area contributed by atoms with Crippen LogP contribution in [-0.4, -0.2) is 41.9 Å². The summed E-state index contributed by atoms with van der Waals surface area (Å²) in [5.41, 5.74) is 1.25. The number of carbonyl (C=O) groups is 1. The van der Waals surface area contributed by atoms with Crippen molar-refractivity contribution in [2.24, 2.45) is 0 Å². The van der Waals surface area contributed by atoms with E-state index in [0.717, 1.165) is 5.56 Å². The Morgan fingerprint density at radius 2 is 1.72 bits per heavy atom. The Labute approximate surface area is 151 Å². The molecule has 0 spiro atoms. The van der Waals surface area contributed by atoms with E-state index in [0.29, 0.717) is 36.8 Å². The highest BCUT2D eigenvalue weighted by atomic mass is 35.5. The van der Waals surface area contributed by atoms with Gasteiger partial charge in [0.05, 0.1) is 16.7 Å². The van der Waals surface area contributed by atoms with E-state index in [1.807, 2.05) is 4.90 Å². The number of hydrogen-bond donors (Lipinski definition) is 0. The van der Waals surface area contributed by atoms with E-state index in [1.165, 1.54) is 12.1 Å². The van der Waals surface area contributed by atoms with Gasteiger partial charge in [0.25, 0.3) is 5.91 Å². The van der Waals surface area contributed by atoms with Gasteiger partial charge in [-0.15, -0.1) is 0 Å². The van der Waals surface area contributed by atoms with Crippen molar-refractivity contribution in [1.29, 1.82) is 5.26 Å². The highest BCUT2D eigenvalue weighted by Gasteiger charge is 2.28. The molecule has 1 fully saturated rings. The molecule has 0 aliphatic carbocycles. The van der Waals surface area contributed by atoms with Crippen molar-refractivity contribution >= 4 is 17.5 Å². The van der Waals surface area contributed by atoms with Gasteiger partial charge in [-0.2, -0.15) is 5.26 Å². The van der Waals surface area contributed by atoms with Crippen LogP contribution in [-0.2, 0) is 0 Å². The first-order chi connectivity index (χ1) is 12.1. The number of halogens is 2. The molecule has 0 radical (unpaired) electrons. The zero-order chi connectivity index (χ0) is 17.8. The SMILES string of the molecule is N#CC(c1ccc(F)cc1)N1CCN(C(=O)c2ccccc2Cl)CC1. The molecule has 1 aliphatic heterocycles. The molecule has 1 saturated heterocycles. The minimum atomic E-state index is -0.446. The first-order valence-corrected chi connectivity index (χ1v) is 8.41. The molecule has 0 N–H and O–H groups in total. The van der Waals surface area contributed by atoms with Crippen LogP contribution >= 0.6 is 11.6 Å². The van der Waals surface area contributed by atoms with Crippen molar-refractivity contribution in [2.45, 2.75) is 6.04 Å². The Morgan fingerprint density at radius 1 is 1.08 bits per heavy atom. The van der Waals surface area contributed by atoms with E-state index in [9.17, 15) is 14.4 Å². The third-order valence-corrected chi connectivity index (χ3v) is 4.71. The molecule has 2 aromatic carbocycles. The Kier molecular flexibility index (Phi) is 5.32. The number of nitrogens with zero attached hydrogens (tertiary/aromatic N) is 3. The van der Waals surface area contributed by atoms with Gasteiger partial charge in [-0.05, 0) is 29.8 Å². The summed E-state index contributed by atoms with van der Waals surface area (Å²) in [6.07, 6.45) is 0. The monoisotopic (exact) mass is 357 g/mol. The smallest absolute Gasteiger partial charge is 0.255 e. The Hall–Kier alpha value is -2.42. The predicted octanol–water partition coefficient (Wildman–Crippen LogP) is 3.50. The molecule has 1 amide bonds. The second kappa shape index (κ2) is 7.64. The minimum Gasteiger partial charge on any atom is -0.336 e. The summed E-state index contributed by atoms with van der Waals surface area (Å²) in [5, 5.41) is 9.95. The lowest BCUT2D eigenvalue weighted by atomic mass is 10.1. The lowest BCUT2D eigenvalue weighted by Gasteiger charge is -2.37. The van der Waals surface area contributed by atoms with Crippen molar-refractivity contribution in [1.82, 2.24) is 9.80 Å². The van der Waals surface area contributed by atoms with Crippen LogP contribution in [0, 0.1) is 17.1 Å². The van der Waals surface area contributed by atoms with E-state index in [-0.39, 0.29) is 11.7 Å². The van der Waals surface area contributed by atoms with Gasteiger partial charge in [0.1, 0.15) is 11.9 Å².